The second-order valence-corrected chi connectivity index (χ2v) is 6.46. The van der Waals surface area contributed by atoms with Gasteiger partial charge in [0.15, 0.2) is 5.78 Å². The fraction of sp³-hybridized carbons (Fsp3) is 0.143. The largest absolute Gasteiger partial charge is 0.392 e. The van der Waals surface area contributed by atoms with Crippen molar-refractivity contribution in [2.75, 3.05) is 0 Å². The third kappa shape index (κ3) is 4.45. The van der Waals surface area contributed by atoms with Crippen LogP contribution in [0, 0.1) is 17.0 Å². The summed E-state index contributed by atoms with van der Waals surface area (Å²) >= 11 is 0. The van der Waals surface area contributed by atoms with Crippen molar-refractivity contribution in [3.8, 4) is 11.3 Å². The quantitative estimate of drug-likeness (QED) is 0.245. The number of H-pyrrole nitrogens is 1. The molecule has 1 heterocycles. The molecule has 0 saturated heterocycles. The van der Waals surface area contributed by atoms with Crippen LogP contribution in [0.25, 0.3) is 17.3 Å². The molecule has 8 heteroatoms. The zero-order valence-corrected chi connectivity index (χ0v) is 15.6. The molecule has 0 spiro atoms. The lowest BCUT2D eigenvalue weighted by atomic mass is 10.0. The number of carbonyl (C=O) groups excluding carboxylic acids is 1. The van der Waals surface area contributed by atoms with E-state index in [2.05, 4.69) is 10.2 Å². The van der Waals surface area contributed by atoms with Gasteiger partial charge in [0.25, 0.3) is 5.69 Å². The lowest BCUT2D eigenvalue weighted by Gasteiger charge is -2.06. The van der Waals surface area contributed by atoms with Gasteiger partial charge in [0.1, 0.15) is 0 Å². The van der Waals surface area contributed by atoms with Gasteiger partial charge in [-0.05, 0) is 54.5 Å². The van der Waals surface area contributed by atoms with Gasteiger partial charge in [-0.15, -0.1) is 0 Å². The van der Waals surface area contributed by atoms with Crippen LogP contribution in [0.1, 0.15) is 32.7 Å². The molecule has 29 heavy (non-hydrogen) atoms. The van der Waals surface area contributed by atoms with E-state index in [4.69, 9.17) is 0 Å². The number of aliphatic hydroxyl groups excluding tert-OH is 2. The molecule has 8 nitrogen and oxygen atoms in total. The van der Waals surface area contributed by atoms with E-state index >= 15 is 0 Å². The Bertz CT molecular complexity index is 1100. The van der Waals surface area contributed by atoms with Crippen molar-refractivity contribution in [3.05, 3.63) is 86.6 Å². The molecule has 2 aromatic carbocycles. The third-order valence-electron chi connectivity index (χ3n) is 4.53. The molecule has 0 amide bonds. The highest BCUT2D eigenvalue weighted by Gasteiger charge is 2.12. The number of aliphatic hydroxyl groups is 2. The molecular weight excluding hydrogens is 374 g/mol. The maximum Gasteiger partial charge on any atom is 0.272 e. The monoisotopic (exact) mass is 393 g/mol. The van der Waals surface area contributed by atoms with Gasteiger partial charge in [0.05, 0.1) is 29.5 Å². The van der Waals surface area contributed by atoms with Crippen LogP contribution in [0.15, 0.2) is 48.5 Å². The maximum atomic E-state index is 12.3. The minimum Gasteiger partial charge on any atom is -0.392 e. The second kappa shape index (κ2) is 8.59. The van der Waals surface area contributed by atoms with Crippen LogP contribution in [0.5, 0.6) is 0 Å². The van der Waals surface area contributed by atoms with Gasteiger partial charge in [-0.25, -0.2) is 0 Å². The van der Waals surface area contributed by atoms with Crippen molar-refractivity contribution in [1.82, 2.24) is 10.2 Å². The molecule has 1 aromatic heterocycles. The molecule has 0 saturated carbocycles. The summed E-state index contributed by atoms with van der Waals surface area (Å²) in [6, 6.07) is 11.3. The number of benzene rings is 2. The first-order chi connectivity index (χ1) is 13.9. The van der Waals surface area contributed by atoms with Crippen molar-refractivity contribution in [3.63, 3.8) is 0 Å². The van der Waals surface area contributed by atoms with Crippen LogP contribution < -0.4 is 0 Å². The Hall–Kier alpha value is -3.62. The predicted octanol–water partition coefficient (Wildman–Crippen LogP) is 3.17. The number of aromatic amines is 1. The predicted molar refractivity (Wildman–Crippen MR) is 107 cm³/mol. The highest BCUT2D eigenvalue weighted by atomic mass is 16.6. The van der Waals surface area contributed by atoms with E-state index in [0.717, 1.165) is 5.56 Å². The van der Waals surface area contributed by atoms with E-state index in [1.54, 1.807) is 37.3 Å². The number of rotatable bonds is 7. The summed E-state index contributed by atoms with van der Waals surface area (Å²) in [5.41, 5.74) is 4.01. The first-order valence-corrected chi connectivity index (χ1v) is 8.79. The van der Waals surface area contributed by atoms with Gasteiger partial charge in [0.2, 0.25) is 0 Å². The lowest BCUT2D eigenvalue weighted by Crippen LogP contribution is -1.98. The summed E-state index contributed by atoms with van der Waals surface area (Å²) in [7, 11) is 0. The number of allylic oxidation sites excluding steroid dienone is 1. The van der Waals surface area contributed by atoms with E-state index in [1.165, 1.54) is 24.3 Å². The van der Waals surface area contributed by atoms with Gasteiger partial charge in [0, 0.05) is 22.8 Å². The van der Waals surface area contributed by atoms with Crippen LogP contribution in [0.3, 0.4) is 0 Å². The highest BCUT2D eigenvalue weighted by molar-refractivity contribution is 6.07. The number of nitro groups is 1. The van der Waals surface area contributed by atoms with Crippen LogP contribution in [0.2, 0.25) is 0 Å². The number of hydrogen-bond acceptors (Lipinski definition) is 6. The summed E-state index contributed by atoms with van der Waals surface area (Å²) in [6.45, 7) is 1.24. The van der Waals surface area contributed by atoms with Gasteiger partial charge in [-0.2, -0.15) is 5.10 Å². The molecule has 0 bridgehead atoms. The van der Waals surface area contributed by atoms with Gasteiger partial charge in [-0.1, -0.05) is 12.1 Å². The number of nitrogens with one attached hydrogen (secondary N) is 1. The molecule has 0 aliphatic carbocycles. The topological polar surface area (TPSA) is 129 Å². The molecule has 3 N–H and O–H groups in total. The van der Waals surface area contributed by atoms with Crippen LogP contribution in [-0.2, 0) is 13.2 Å². The smallest absolute Gasteiger partial charge is 0.272 e. The Balaban J connectivity index is 1.78. The maximum absolute atomic E-state index is 12.3. The molecule has 0 fully saturated rings. The van der Waals surface area contributed by atoms with Gasteiger partial charge in [-0.3, -0.25) is 20.0 Å². The number of aromatic nitrogens is 2. The van der Waals surface area contributed by atoms with E-state index < -0.39 is 4.92 Å². The van der Waals surface area contributed by atoms with Crippen molar-refractivity contribution in [2.45, 2.75) is 20.1 Å². The number of ketones is 1. The number of hydrogen-bond donors (Lipinski definition) is 3. The van der Waals surface area contributed by atoms with Crippen LogP contribution in [-0.4, -0.2) is 31.1 Å². The highest BCUT2D eigenvalue weighted by Crippen LogP contribution is 2.23. The van der Waals surface area contributed by atoms with Crippen molar-refractivity contribution in [1.29, 1.82) is 0 Å². The summed E-state index contributed by atoms with van der Waals surface area (Å²) in [5.74, 6) is -0.283. The summed E-state index contributed by atoms with van der Waals surface area (Å²) < 4.78 is 0. The number of aryl methyl sites for hydroxylation is 1. The average Bonchev–Trinajstić information content (AvgIpc) is 3.20. The van der Waals surface area contributed by atoms with E-state index in [9.17, 15) is 25.1 Å². The Labute approximate surface area is 166 Å². The normalized spacial score (nSPS) is 11.1. The Kier molecular flexibility index (Phi) is 5.96. The van der Waals surface area contributed by atoms with Crippen molar-refractivity contribution in [2.24, 2.45) is 0 Å². The van der Waals surface area contributed by atoms with Crippen molar-refractivity contribution < 1.29 is 19.9 Å². The van der Waals surface area contributed by atoms with E-state index in [1.807, 2.05) is 0 Å². The van der Waals surface area contributed by atoms with E-state index in [-0.39, 0.29) is 24.7 Å². The third-order valence-corrected chi connectivity index (χ3v) is 4.53. The summed E-state index contributed by atoms with van der Waals surface area (Å²) in [5, 5.41) is 36.6. The zero-order valence-electron chi connectivity index (χ0n) is 15.6. The minimum absolute atomic E-state index is 0.0294. The SMILES string of the molecule is Cc1cc(C(=O)/C=C/c2cc(-c3ccc(CO)c(CO)c3)n[nH]2)ccc1[N+](=O)[O-]. The zero-order chi connectivity index (χ0) is 21.0. The number of carbonyl (C=O) groups is 1. The Morgan fingerprint density at radius 1 is 1.14 bits per heavy atom. The average molecular weight is 393 g/mol. The van der Waals surface area contributed by atoms with Gasteiger partial charge < -0.3 is 10.2 Å². The first-order valence-electron chi connectivity index (χ1n) is 8.79. The number of nitrogens with zero attached hydrogens (tertiary/aromatic N) is 2. The Morgan fingerprint density at radius 3 is 2.55 bits per heavy atom. The molecule has 0 radical (unpaired) electrons. The molecule has 0 aliphatic rings. The fourth-order valence-electron chi connectivity index (χ4n) is 2.93. The molecule has 0 unspecified atom stereocenters. The molecule has 148 valence electrons. The Morgan fingerprint density at radius 2 is 1.90 bits per heavy atom. The minimum atomic E-state index is -0.485. The van der Waals surface area contributed by atoms with Crippen LogP contribution >= 0.6 is 0 Å². The summed E-state index contributed by atoms with van der Waals surface area (Å²) in [6.07, 6.45) is 2.94. The van der Waals surface area contributed by atoms with Gasteiger partial charge >= 0.3 is 0 Å². The molecule has 0 atom stereocenters. The number of nitro benzene ring substituents is 1. The van der Waals surface area contributed by atoms with Crippen LogP contribution in [0.4, 0.5) is 5.69 Å². The van der Waals surface area contributed by atoms with Crippen molar-refractivity contribution >= 4 is 17.5 Å². The lowest BCUT2D eigenvalue weighted by molar-refractivity contribution is -0.385. The standard InChI is InChI=1S/C21H19N3O5/c1-13-8-15(4-6-20(13)24(28)29)21(27)7-5-18-10-19(23-22-18)14-2-3-16(11-25)17(9-14)12-26/h2-10,25-26H,11-12H2,1H3,(H,22,23)/b7-5+. The molecule has 0 aliphatic heterocycles. The fourth-order valence-corrected chi connectivity index (χ4v) is 2.93. The van der Waals surface area contributed by atoms with E-state index in [0.29, 0.717) is 33.6 Å². The second-order valence-electron chi connectivity index (χ2n) is 6.46. The molecular formula is C21H19N3O5. The first kappa shape index (κ1) is 20.1. The summed E-state index contributed by atoms with van der Waals surface area (Å²) in [4.78, 5) is 22.7. The molecule has 3 aromatic rings. The molecule has 3 rings (SSSR count).